The van der Waals surface area contributed by atoms with Gasteiger partial charge in [0, 0.05) is 26.6 Å². The fourth-order valence-electron chi connectivity index (χ4n) is 1.55. The van der Waals surface area contributed by atoms with Crippen LogP contribution in [0.15, 0.2) is 0 Å². The Morgan fingerprint density at radius 1 is 1.43 bits per heavy atom. The molecular weight excluding hydrogens is 188 g/mol. The molecule has 2 N–H and O–H groups in total. The molecular formula is C8H14N2O4. The number of carbonyl (C=O) groups excluding carboxylic acids is 1. The monoisotopic (exact) mass is 202 g/mol. The van der Waals surface area contributed by atoms with Crippen LogP contribution in [0.25, 0.3) is 0 Å². The molecule has 1 fully saturated rings. The Balaban J connectivity index is 2.63. The van der Waals surface area contributed by atoms with E-state index in [1.54, 1.807) is 4.90 Å². The molecule has 1 rings (SSSR count). The third-order valence-corrected chi connectivity index (χ3v) is 2.38. The van der Waals surface area contributed by atoms with Gasteiger partial charge in [0.05, 0.1) is 12.6 Å². The highest BCUT2D eigenvalue weighted by Crippen LogP contribution is 2.09. The second kappa shape index (κ2) is 4.28. The van der Waals surface area contributed by atoms with E-state index < -0.39 is 12.1 Å². The van der Waals surface area contributed by atoms with Crippen LogP contribution in [-0.2, 0) is 4.79 Å². The molecule has 0 bridgehead atoms. The molecule has 1 heterocycles. The van der Waals surface area contributed by atoms with Crippen molar-refractivity contribution in [1.29, 1.82) is 0 Å². The van der Waals surface area contributed by atoms with Gasteiger partial charge in [-0.1, -0.05) is 0 Å². The largest absolute Gasteiger partial charge is 0.465 e. The SMILES string of the molecule is CC(=O)N1CCN(C(=O)O)C(CO)C1. The predicted molar refractivity (Wildman–Crippen MR) is 47.9 cm³/mol. The Bertz CT molecular complexity index is 243. The average Bonchev–Trinajstić information content (AvgIpc) is 2.16. The van der Waals surface area contributed by atoms with Gasteiger partial charge in [0.1, 0.15) is 0 Å². The number of piperazine rings is 1. The Labute approximate surface area is 81.7 Å². The van der Waals surface area contributed by atoms with Crippen LogP contribution in [0.5, 0.6) is 0 Å². The minimum absolute atomic E-state index is 0.0894. The quantitative estimate of drug-likeness (QED) is 0.582. The van der Waals surface area contributed by atoms with E-state index in [0.717, 1.165) is 0 Å². The zero-order valence-electron chi connectivity index (χ0n) is 8.01. The summed E-state index contributed by atoms with van der Waals surface area (Å²) in [4.78, 5) is 24.4. The Hall–Kier alpha value is -1.30. The first-order chi connectivity index (χ1) is 6.56. The van der Waals surface area contributed by atoms with Crippen LogP contribution >= 0.6 is 0 Å². The summed E-state index contributed by atoms with van der Waals surface area (Å²) in [5.41, 5.74) is 0. The van der Waals surface area contributed by atoms with Crippen LogP contribution in [0.2, 0.25) is 0 Å². The standard InChI is InChI=1S/C8H14N2O4/c1-6(12)9-2-3-10(8(13)14)7(4-9)5-11/h7,11H,2-5H2,1H3,(H,13,14). The molecule has 0 aromatic rings. The van der Waals surface area contributed by atoms with Crippen LogP contribution in [0.4, 0.5) is 4.79 Å². The summed E-state index contributed by atoms with van der Waals surface area (Å²) in [5, 5.41) is 17.7. The number of carboxylic acid groups (broad SMARTS) is 1. The normalized spacial score (nSPS) is 22.3. The fraction of sp³-hybridized carbons (Fsp3) is 0.750. The lowest BCUT2D eigenvalue weighted by atomic mass is 10.2. The van der Waals surface area contributed by atoms with Gasteiger partial charge >= 0.3 is 6.09 Å². The molecule has 0 aromatic carbocycles. The van der Waals surface area contributed by atoms with Crippen molar-refractivity contribution in [3.63, 3.8) is 0 Å². The second-order valence-corrected chi connectivity index (χ2v) is 3.28. The number of nitrogens with zero attached hydrogens (tertiary/aromatic N) is 2. The van der Waals surface area contributed by atoms with E-state index in [1.165, 1.54) is 11.8 Å². The van der Waals surface area contributed by atoms with Crippen molar-refractivity contribution in [1.82, 2.24) is 9.80 Å². The number of rotatable bonds is 1. The highest BCUT2D eigenvalue weighted by molar-refractivity contribution is 5.74. The Morgan fingerprint density at radius 3 is 2.50 bits per heavy atom. The van der Waals surface area contributed by atoms with Gasteiger partial charge in [-0.2, -0.15) is 0 Å². The molecule has 0 aliphatic carbocycles. The molecule has 14 heavy (non-hydrogen) atoms. The van der Waals surface area contributed by atoms with Crippen LogP contribution in [-0.4, -0.2) is 64.3 Å². The average molecular weight is 202 g/mol. The molecule has 1 aliphatic rings. The molecule has 6 nitrogen and oxygen atoms in total. The van der Waals surface area contributed by atoms with Gasteiger partial charge in [0.15, 0.2) is 0 Å². The van der Waals surface area contributed by atoms with Crippen LogP contribution < -0.4 is 0 Å². The number of amides is 2. The Morgan fingerprint density at radius 2 is 2.07 bits per heavy atom. The summed E-state index contributed by atoms with van der Waals surface area (Å²) in [6, 6.07) is -0.495. The molecule has 0 spiro atoms. The molecule has 1 atom stereocenters. The zero-order chi connectivity index (χ0) is 10.7. The molecule has 0 radical (unpaired) electrons. The molecule has 6 heteroatoms. The van der Waals surface area contributed by atoms with Gasteiger partial charge in [-0.05, 0) is 0 Å². The summed E-state index contributed by atoms with van der Waals surface area (Å²) in [5.74, 6) is -0.0894. The minimum Gasteiger partial charge on any atom is -0.465 e. The molecule has 0 saturated carbocycles. The lowest BCUT2D eigenvalue weighted by molar-refractivity contribution is -0.131. The Kier molecular flexibility index (Phi) is 3.29. The zero-order valence-corrected chi connectivity index (χ0v) is 8.01. The van der Waals surface area contributed by atoms with Gasteiger partial charge in [0.2, 0.25) is 5.91 Å². The maximum absolute atomic E-state index is 11.0. The summed E-state index contributed by atoms with van der Waals surface area (Å²) in [7, 11) is 0. The van der Waals surface area contributed by atoms with Gasteiger partial charge in [-0.25, -0.2) is 4.79 Å². The van der Waals surface area contributed by atoms with E-state index in [-0.39, 0.29) is 25.6 Å². The number of hydrogen-bond acceptors (Lipinski definition) is 3. The lowest BCUT2D eigenvalue weighted by Gasteiger charge is -2.38. The highest BCUT2D eigenvalue weighted by Gasteiger charge is 2.30. The minimum atomic E-state index is -1.05. The van der Waals surface area contributed by atoms with E-state index in [0.29, 0.717) is 6.54 Å². The maximum Gasteiger partial charge on any atom is 0.407 e. The van der Waals surface area contributed by atoms with E-state index in [1.807, 2.05) is 0 Å². The van der Waals surface area contributed by atoms with Crippen molar-refractivity contribution in [2.45, 2.75) is 13.0 Å². The molecule has 2 amide bonds. The maximum atomic E-state index is 11.0. The van der Waals surface area contributed by atoms with Crippen molar-refractivity contribution < 1.29 is 19.8 Å². The molecule has 0 aromatic heterocycles. The second-order valence-electron chi connectivity index (χ2n) is 3.28. The van der Waals surface area contributed by atoms with Gasteiger partial charge in [-0.3, -0.25) is 9.69 Å². The summed E-state index contributed by atoms with van der Waals surface area (Å²) in [6.07, 6.45) is -1.05. The summed E-state index contributed by atoms with van der Waals surface area (Å²) >= 11 is 0. The number of carbonyl (C=O) groups is 2. The smallest absolute Gasteiger partial charge is 0.407 e. The number of hydrogen-bond donors (Lipinski definition) is 2. The van der Waals surface area contributed by atoms with Crippen molar-refractivity contribution in [3.05, 3.63) is 0 Å². The topological polar surface area (TPSA) is 81.1 Å². The first-order valence-electron chi connectivity index (χ1n) is 4.42. The van der Waals surface area contributed by atoms with Crippen LogP contribution in [0, 0.1) is 0 Å². The van der Waals surface area contributed by atoms with E-state index >= 15 is 0 Å². The molecule has 1 unspecified atom stereocenters. The van der Waals surface area contributed by atoms with E-state index in [4.69, 9.17) is 10.2 Å². The fourth-order valence-corrected chi connectivity index (χ4v) is 1.55. The highest BCUT2D eigenvalue weighted by atomic mass is 16.4. The van der Waals surface area contributed by atoms with E-state index in [9.17, 15) is 9.59 Å². The molecule has 80 valence electrons. The first kappa shape index (κ1) is 10.8. The van der Waals surface area contributed by atoms with Crippen LogP contribution in [0.3, 0.4) is 0 Å². The van der Waals surface area contributed by atoms with Gasteiger partial charge in [-0.15, -0.1) is 0 Å². The van der Waals surface area contributed by atoms with Crippen molar-refractivity contribution >= 4 is 12.0 Å². The first-order valence-corrected chi connectivity index (χ1v) is 4.42. The summed E-state index contributed by atoms with van der Waals surface area (Å²) in [6.45, 7) is 2.12. The third kappa shape index (κ3) is 2.14. The van der Waals surface area contributed by atoms with Gasteiger partial charge in [0.25, 0.3) is 0 Å². The molecule has 1 aliphatic heterocycles. The number of aliphatic hydroxyl groups excluding tert-OH is 1. The third-order valence-electron chi connectivity index (χ3n) is 2.38. The lowest BCUT2D eigenvalue weighted by Crippen LogP contribution is -2.57. The van der Waals surface area contributed by atoms with Gasteiger partial charge < -0.3 is 15.1 Å². The number of aliphatic hydroxyl groups is 1. The summed E-state index contributed by atoms with van der Waals surface area (Å²) < 4.78 is 0. The van der Waals surface area contributed by atoms with E-state index in [2.05, 4.69) is 0 Å². The van der Waals surface area contributed by atoms with Crippen LogP contribution in [0.1, 0.15) is 6.92 Å². The predicted octanol–water partition coefficient (Wildman–Crippen LogP) is -0.811. The van der Waals surface area contributed by atoms with Crippen molar-refractivity contribution in [2.24, 2.45) is 0 Å². The molecule has 1 saturated heterocycles. The van der Waals surface area contributed by atoms with Crippen molar-refractivity contribution in [3.8, 4) is 0 Å². The van der Waals surface area contributed by atoms with Crippen molar-refractivity contribution in [2.75, 3.05) is 26.2 Å².